The number of nitrogen functional groups attached to an aromatic ring is 1. The Hall–Kier alpha value is -1.13. The molecule has 1 aliphatic heterocycles. The lowest BCUT2D eigenvalue weighted by molar-refractivity contribution is 0.250. The number of nitrogens with zero attached hydrogens (tertiary/aromatic N) is 2. The van der Waals surface area contributed by atoms with Crippen molar-refractivity contribution in [1.29, 1.82) is 0 Å². The van der Waals surface area contributed by atoms with Crippen molar-refractivity contribution in [2.24, 2.45) is 0 Å². The maximum Gasteiger partial charge on any atom is 0.150 e. The number of anilines is 1. The van der Waals surface area contributed by atoms with E-state index in [1.165, 1.54) is 25.9 Å². The van der Waals surface area contributed by atoms with Crippen molar-refractivity contribution >= 4 is 5.69 Å². The van der Waals surface area contributed by atoms with Gasteiger partial charge < -0.3 is 15.5 Å². The molecule has 0 bridgehead atoms. The highest BCUT2D eigenvalue weighted by Crippen LogP contribution is 2.16. The molecule has 1 aromatic rings. The van der Waals surface area contributed by atoms with Crippen LogP contribution in [0.15, 0.2) is 18.2 Å². The van der Waals surface area contributed by atoms with Crippen LogP contribution in [0.5, 0.6) is 0 Å². The molecule has 1 saturated heterocycles. The molecule has 3 nitrogen and oxygen atoms in total. The molecule has 0 radical (unpaired) electrons. The molecule has 0 aromatic heterocycles. The normalized spacial score (nSPS) is 16.6. The Labute approximate surface area is 108 Å². The molecule has 1 aliphatic rings. The molecule has 0 saturated carbocycles. The quantitative estimate of drug-likeness (QED) is 0.812. The molecule has 4 heteroatoms. The number of nitrogens with two attached hydrogens (primary N) is 1. The Morgan fingerprint density at radius 2 is 2.06 bits per heavy atom. The van der Waals surface area contributed by atoms with Gasteiger partial charge in [-0.25, -0.2) is 4.39 Å². The molecule has 2 N–H and O–H groups in total. The molecular weight excluding hydrogens is 229 g/mol. The fraction of sp³-hybridized carbons (Fsp3) is 0.571. The molecular formula is C14H22FN3. The van der Waals surface area contributed by atoms with E-state index in [-0.39, 0.29) is 11.5 Å². The van der Waals surface area contributed by atoms with Gasteiger partial charge in [0.15, 0.2) is 5.82 Å². The zero-order valence-corrected chi connectivity index (χ0v) is 11.0. The predicted octanol–water partition coefficient (Wildman–Crippen LogP) is 1.94. The van der Waals surface area contributed by atoms with Crippen LogP contribution in [0.2, 0.25) is 0 Å². The van der Waals surface area contributed by atoms with Crippen molar-refractivity contribution in [2.75, 3.05) is 39.0 Å². The summed E-state index contributed by atoms with van der Waals surface area (Å²) >= 11 is 0. The topological polar surface area (TPSA) is 32.5 Å². The zero-order valence-electron chi connectivity index (χ0n) is 11.0. The lowest BCUT2D eigenvalue weighted by Crippen LogP contribution is -2.31. The first-order chi connectivity index (χ1) is 8.66. The third-order valence-electron chi connectivity index (χ3n) is 3.55. The van der Waals surface area contributed by atoms with E-state index < -0.39 is 0 Å². The monoisotopic (exact) mass is 251 g/mol. The van der Waals surface area contributed by atoms with Gasteiger partial charge in [-0.2, -0.15) is 0 Å². The van der Waals surface area contributed by atoms with Gasteiger partial charge in [0, 0.05) is 25.2 Å². The summed E-state index contributed by atoms with van der Waals surface area (Å²) in [7, 11) is 2.03. The molecule has 1 aromatic carbocycles. The maximum atomic E-state index is 13.7. The van der Waals surface area contributed by atoms with E-state index in [0.717, 1.165) is 13.1 Å². The van der Waals surface area contributed by atoms with E-state index in [4.69, 9.17) is 5.73 Å². The van der Waals surface area contributed by atoms with Gasteiger partial charge in [-0.3, -0.25) is 0 Å². The van der Waals surface area contributed by atoms with Crippen LogP contribution >= 0.6 is 0 Å². The van der Waals surface area contributed by atoms with Crippen LogP contribution in [0.3, 0.4) is 0 Å². The van der Waals surface area contributed by atoms with Gasteiger partial charge in [-0.15, -0.1) is 0 Å². The van der Waals surface area contributed by atoms with Gasteiger partial charge in [0.2, 0.25) is 0 Å². The Kier molecular flexibility index (Phi) is 4.55. The summed E-state index contributed by atoms with van der Waals surface area (Å²) in [6.07, 6.45) is 2.63. The number of benzene rings is 1. The molecule has 1 fully saturated rings. The molecule has 1 heterocycles. The lowest BCUT2D eigenvalue weighted by Gasteiger charge is -2.21. The number of rotatable bonds is 5. The van der Waals surface area contributed by atoms with E-state index in [1.807, 2.05) is 13.1 Å². The molecule has 0 aliphatic carbocycles. The van der Waals surface area contributed by atoms with Gasteiger partial charge in [-0.05, 0) is 39.0 Å². The van der Waals surface area contributed by atoms with Crippen molar-refractivity contribution in [2.45, 2.75) is 19.4 Å². The second-order valence-electron chi connectivity index (χ2n) is 5.11. The fourth-order valence-corrected chi connectivity index (χ4v) is 2.41. The maximum absolute atomic E-state index is 13.7. The van der Waals surface area contributed by atoms with Gasteiger partial charge >= 0.3 is 0 Å². The van der Waals surface area contributed by atoms with Crippen molar-refractivity contribution in [3.63, 3.8) is 0 Å². The molecule has 18 heavy (non-hydrogen) atoms. The molecule has 100 valence electrons. The average molecular weight is 251 g/mol. The Bertz CT molecular complexity index is 389. The van der Waals surface area contributed by atoms with Crippen LogP contribution in [0.1, 0.15) is 18.4 Å². The first-order valence-electron chi connectivity index (χ1n) is 6.60. The van der Waals surface area contributed by atoms with Crippen molar-refractivity contribution in [3.05, 3.63) is 29.6 Å². The highest BCUT2D eigenvalue weighted by Gasteiger charge is 2.13. The zero-order chi connectivity index (χ0) is 13.0. The SMILES string of the molecule is CN(CCN1CCCC1)Cc1cccc(N)c1F. The minimum atomic E-state index is -0.273. The third kappa shape index (κ3) is 3.43. The highest BCUT2D eigenvalue weighted by molar-refractivity contribution is 5.42. The standard InChI is InChI=1S/C14H22FN3/c1-17(9-10-18-7-2-3-8-18)11-12-5-4-6-13(16)14(12)15/h4-6H,2-3,7-11,16H2,1H3. The number of hydrogen-bond donors (Lipinski definition) is 1. The largest absolute Gasteiger partial charge is 0.396 e. The van der Waals surface area contributed by atoms with Gasteiger partial charge in [-0.1, -0.05) is 12.1 Å². The highest BCUT2D eigenvalue weighted by atomic mass is 19.1. The number of likely N-dealkylation sites (N-methyl/N-ethyl adjacent to an activating group) is 1. The van der Waals surface area contributed by atoms with Crippen molar-refractivity contribution in [1.82, 2.24) is 9.80 Å². The summed E-state index contributed by atoms with van der Waals surface area (Å²) in [5.74, 6) is -0.273. The fourth-order valence-electron chi connectivity index (χ4n) is 2.41. The van der Waals surface area contributed by atoms with E-state index in [1.54, 1.807) is 12.1 Å². The summed E-state index contributed by atoms with van der Waals surface area (Å²) < 4.78 is 13.7. The second kappa shape index (κ2) is 6.16. The van der Waals surface area contributed by atoms with Crippen molar-refractivity contribution < 1.29 is 4.39 Å². The molecule has 0 amide bonds. The van der Waals surface area contributed by atoms with Crippen LogP contribution in [0.4, 0.5) is 10.1 Å². The lowest BCUT2D eigenvalue weighted by atomic mass is 10.2. The minimum absolute atomic E-state index is 0.237. The van der Waals surface area contributed by atoms with Gasteiger partial charge in [0.1, 0.15) is 0 Å². The van der Waals surface area contributed by atoms with Gasteiger partial charge in [0.05, 0.1) is 5.69 Å². The third-order valence-corrected chi connectivity index (χ3v) is 3.55. The number of hydrogen-bond acceptors (Lipinski definition) is 3. The Morgan fingerprint density at radius 3 is 2.78 bits per heavy atom. The van der Waals surface area contributed by atoms with Crippen LogP contribution in [0, 0.1) is 5.82 Å². The molecule has 0 spiro atoms. The predicted molar refractivity (Wildman–Crippen MR) is 72.8 cm³/mol. The van der Waals surface area contributed by atoms with E-state index in [2.05, 4.69) is 9.80 Å². The number of halogens is 1. The van der Waals surface area contributed by atoms with E-state index >= 15 is 0 Å². The van der Waals surface area contributed by atoms with Gasteiger partial charge in [0.25, 0.3) is 0 Å². The Balaban J connectivity index is 1.82. The summed E-state index contributed by atoms with van der Waals surface area (Å²) in [5, 5.41) is 0. The number of likely N-dealkylation sites (tertiary alicyclic amines) is 1. The van der Waals surface area contributed by atoms with E-state index in [0.29, 0.717) is 12.1 Å². The average Bonchev–Trinajstić information content (AvgIpc) is 2.86. The summed E-state index contributed by atoms with van der Waals surface area (Å²) in [6, 6.07) is 5.21. The summed E-state index contributed by atoms with van der Waals surface area (Å²) in [6.45, 7) is 5.07. The molecule has 0 atom stereocenters. The van der Waals surface area contributed by atoms with Crippen LogP contribution in [-0.2, 0) is 6.54 Å². The minimum Gasteiger partial charge on any atom is -0.396 e. The smallest absolute Gasteiger partial charge is 0.150 e. The van der Waals surface area contributed by atoms with E-state index in [9.17, 15) is 4.39 Å². The first-order valence-corrected chi connectivity index (χ1v) is 6.60. The molecule has 2 rings (SSSR count). The Morgan fingerprint density at radius 1 is 1.33 bits per heavy atom. The summed E-state index contributed by atoms with van der Waals surface area (Å²) in [4.78, 5) is 4.61. The molecule has 0 unspecified atom stereocenters. The summed E-state index contributed by atoms with van der Waals surface area (Å²) in [5.41, 5.74) is 6.48. The van der Waals surface area contributed by atoms with Crippen LogP contribution in [-0.4, -0.2) is 43.0 Å². The van der Waals surface area contributed by atoms with Crippen LogP contribution in [0.25, 0.3) is 0 Å². The first kappa shape index (κ1) is 13.3. The van der Waals surface area contributed by atoms with Crippen molar-refractivity contribution in [3.8, 4) is 0 Å². The van der Waals surface area contributed by atoms with Crippen LogP contribution < -0.4 is 5.73 Å². The second-order valence-corrected chi connectivity index (χ2v) is 5.11.